The molecule has 0 N–H and O–H groups in total. The van der Waals surface area contributed by atoms with Crippen LogP contribution in [0.1, 0.15) is 23.0 Å². The molecule has 2 rings (SSSR count). The molecule has 68 valence electrons. The Morgan fingerprint density at radius 1 is 1.62 bits per heavy atom. The lowest BCUT2D eigenvalue weighted by atomic mass is 10.3. The Kier molecular flexibility index (Phi) is 1.96. The predicted molar refractivity (Wildman–Crippen MR) is 55.6 cm³/mol. The number of hydrogen-bond acceptors (Lipinski definition) is 2. The second-order valence-corrected chi connectivity index (χ2v) is 3.93. The van der Waals surface area contributed by atoms with Crippen molar-refractivity contribution in [3.8, 4) is 0 Å². The fraction of sp³-hybridized carbons (Fsp3) is 0.300. The lowest BCUT2D eigenvalue weighted by molar-refractivity contribution is 0.111. The highest BCUT2D eigenvalue weighted by Crippen LogP contribution is 2.28. The van der Waals surface area contributed by atoms with Crippen LogP contribution in [0.4, 0.5) is 0 Å². The van der Waals surface area contributed by atoms with Gasteiger partial charge in [-0.05, 0) is 30.9 Å². The fourth-order valence-corrected chi connectivity index (χ4v) is 2.72. The molecule has 0 unspecified atom stereocenters. The van der Waals surface area contributed by atoms with Crippen LogP contribution >= 0.6 is 11.3 Å². The van der Waals surface area contributed by atoms with E-state index >= 15 is 0 Å². The number of thiophene rings is 1. The fourth-order valence-electron chi connectivity index (χ4n) is 1.59. The summed E-state index contributed by atoms with van der Waals surface area (Å²) in [4.78, 5) is 12.0. The average molecular weight is 193 g/mol. The van der Waals surface area contributed by atoms with E-state index in [9.17, 15) is 4.79 Å². The summed E-state index contributed by atoms with van der Waals surface area (Å²) in [5.41, 5.74) is 2.04. The summed E-state index contributed by atoms with van der Waals surface area (Å²) in [6.45, 7) is 4.99. The first-order valence-corrected chi connectivity index (χ1v) is 5.18. The minimum Gasteiger partial charge on any atom is -0.330 e. The summed E-state index contributed by atoms with van der Waals surface area (Å²) in [6.07, 6.45) is 0.926. The molecule has 0 saturated carbocycles. The van der Waals surface area contributed by atoms with Crippen molar-refractivity contribution in [3.05, 3.63) is 22.7 Å². The molecular weight excluding hydrogens is 182 g/mol. The molecule has 0 amide bonds. The second-order valence-electron chi connectivity index (χ2n) is 3.07. The van der Waals surface area contributed by atoms with Crippen molar-refractivity contribution in [1.29, 1.82) is 0 Å². The van der Waals surface area contributed by atoms with Crippen molar-refractivity contribution >= 4 is 27.8 Å². The van der Waals surface area contributed by atoms with Gasteiger partial charge in [0.2, 0.25) is 0 Å². The van der Waals surface area contributed by atoms with Crippen LogP contribution in [-0.2, 0) is 6.54 Å². The number of aryl methyl sites for hydroxylation is 2. The monoisotopic (exact) mass is 193 g/mol. The van der Waals surface area contributed by atoms with Crippen LogP contribution in [0.3, 0.4) is 0 Å². The van der Waals surface area contributed by atoms with Crippen LogP contribution in [0.15, 0.2) is 11.4 Å². The number of carbonyl (C=O) groups is 1. The molecule has 2 nitrogen and oxygen atoms in total. The Balaban J connectivity index is 2.81. The van der Waals surface area contributed by atoms with Gasteiger partial charge in [0.05, 0.1) is 5.69 Å². The molecule has 0 aromatic carbocycles. The normalized spacial score (nSPS) is 10.9. The van der Waals surface area contributed by atoms with Crippen LogP contribution in [-0.4, -0.2) is 10.9 Å². The van der Waals surface area contributed by atoms with E-state index in [0.29, 0.717) is 0 Å². The van der Waals surface area contributed by atoms with E-state index < -0.39 is 0 Å². The molecule has 2 heterocycles. The summed E-state index contributed by atoms with van der Waals surface area (Å²) in [5.74, 6) is 0. The molecule has 0 aliphatic carbocycles. The number of rotatable bonds is 2. The molecule has 0 radical (unpaired) electrons. The quantitative estimate of drug-likeness (QED) is 0.672. The standard InChI is InChI=1S/C10H11NOS/c1-3-11-8(5-12)4-9-7(2)6-13-10(9)11/h4-6H,3H2,1-2H3. The molecule has 0 fully saturated rings. The third-order valence-corrected chi connectivity index (χ3v) is 3.42. The number of aromatic nitrogens is 1. The highest BCUT2D eigenvalue weighted by Gasteiger charge is 2.09. The van der Waals surface area contributed by atoms with Gasteiger partial charge in [-0.25, -0.2) is 0 Å². The molecule has 0 bridgehead atoms. The zero-order valence-corrected chi connectivity index (χ0v) is 8.52. The third-order valence-electron chi connectivity index (χ3n) is 2.29. The summed E-state index contributed by atoms with van der Waals surface area (Å²) in [6, 6.07) is 1.97. The second kappa shape index (κ2) is 3.00. The van der Waals surface area contributed by atoms with Gasteiger partial charge in [0.1, 0.15) is 4.83 Å². The summed E-state index contributed by atoms with van der Waals surface area (Å²) < 4.78 is 2.06. The average Bonchev–Trinajstić information content (AvgIpc) is 2.65. The van der Waals surface area contributed by atoms with Gasteiger partial charge in [-0.1, -0.05) is 0 Å². The Labute approximate surface area is 80.8 Å². The van der Waals surface area contributed by atoms with Crippen molar-refractivity contribution < 1.29 is 4.79 Å². The zero-order valence-electron chi connectivity index (χ0n) is 7.70. The molecule has 0 spiro atoms. The van der Waals surface area contributed by atoms with Gasteiger partial charge in [-0.15, -0.1) is 11.3 Å². The van der Waals surface area contributed by atoms with Crippen molar-refractivity contribution in [1.82, 2.24) is 4.57 Å². The maximum Gasteiger partial charge on any atom is 0.166 e. The minimum atomic E-state index is 0.785. The Morgan fingerprint density at radius 3 is 3.00 bits per heavy atom. The first-order valence-electron chi connectivity index (χ1n) is 4.30. The minimum absolute atomic E-state index is 0.785. The lowest BCUT2D eigenvalue weighted by Crippen LogP contribution is -1.97. The smallest absolute Gasteiger partial charge is 0.166 e. The maximum absolute atomic E-state index is 10.7. The van der Waals surface area contributed by atoms with E-state index in [1.165, 1.54) is 15.8 Å². The molecule has 0 aliphatic rings. The lowest BCUT2D eigenvalue weighted by Gasteiger charge is -1.99. The van der Waals surface area contributed by atoms with Gasteiger partial charge in [-0.2, -0.15) is 0 Å². The van der Waals surface area contributed by atoms with Gasteiger partial charge in [0, 0.05) is 11.9 Å². The number of hydrogen-bond donors (Lipinski definition) is 0. The van der Waals surface area contributed by atoms with Crippen LogP contribution in [0.25, 0.3) is 10.2 Å². The van der Waals surface area contributed by atoms with E-state index in [2.05, 4.69) is 23.8 Å². The molecular formula is C10H11NOS. The van der Waals surface area contributed by atoms with E-state index in [4.69, 9.17) is 0 Å². The van der Waals surface area contributed by atoms with E-state index in [1.54, 1.807) is 11.3 Å². The van der Waals surface area contributed by atoms with Crippen molar-refractivity contribution in [2.75, 3.05) is 0 Å². The molecule has 0 aliphatic heterocycles. The summed E-state index contributed by atoms with van der Waals surface area (Å²) in [7, 11) is 0. The molecule has 13 heavy (non-hydrogen) atoms. The summed E-state index contributed by atoms with van der Waals surface area (Å²) in [5, 5.41) is 3.35. The van der Waals surface area contributed by atoms with Crippen LogP contribution < -0.4 is 0 Å². The topological polar surface area (TPSA) is 22.0 Å². The van der Waals surface area contributed by atoms with Gasteiger partial charge in [-0.3, -0.25) is 4.79 Å². The first-order chi connectivity index (χ1) is 6.27. The molecule has 2 aromatic heterocycles. The van der Waals surface area contributed by atoms with Gasteiger partial charge in [0.15, 0.2) is 6.29 Å². The van der Waals surface area contributed by atoms with Crippen LogP contribution in [0, 0.1) is 6.92 Å². The largest absolute Gasteiger partial charge is 0.330 e. The van der Waals surface area contributed by atoms with E-state index in [0.717, 1.165) is 18.5 Å². The van der Waals surface area contributed by atoms with Gasteiger partial charge in [0.25, 0.3) is 0 Å². The predicted octanol–water partition coefficient (Wildman–Crippen LogP) is 2.84. The molecule has 2 aromatic rings. The van der Waals surface area contributed by atoms with Crippen LogP contribution in [0.5, 0.6) is 0 Å². The number of carbonyl (C=O) groups excluding carboxylic acids is 1. The SMILES string of the molecule is CCn1c(C=O)cc2c(C)csc21. The molecule has 0 saturated heterocycles. The highest BCUT2D eigenvalue weighted by molar-refractivity contribution is 7.17. The van der Waals surface area contributed by atoms with Gasteiger partial charge >= 0.3 is 0 Å². The zero-order chi connectivity index (χ0) is 9.42. The molecule has 3 heteroatoms. The maximum atomic E-state index is 10.7. The van der Waals surface area contributed by atoms with Crippen molar-refractivity contribution in [2.45, 2.75) is 20.4 Å². The number of nitrogens with zero attached hydrogens (tertiary/aromatic N) is 1. The van der Waals surface area contributed by atoms with Crippen LogP contribution in [0.2, 0.25) is 0 Å². The number of aldehydes is 1. The Hall–Kier alpha value is -1.09. The third kappa shape index (κ3) is 1.11. The van der Waals surface area contributed by atoms with Crippen molar-refractivity contribution in [3.63, 3.8) is 0 Å². The number of fused-ring (bicyclic) bond motifs is 1. The summed E-state index contributed by atoms with van der Waals surface area (Å²) >= 11 is 1.71. The van der Waals surface area contributed by atoms with Gasteiger partial charge < -0.3 is 4.57 Å². The van der Waals surface area contributed by atoms with Crippen molar-refractivity contribution in [2.24, 2.45) is 0 Å². The Bertz CT molecular complexity index is 453. The highest BCUT2D eigenvalue weighted by atomic mass is 32.1. The first kappa shape index (κ1) is 8.51. The molecule has 0 atom stereocenters. The van der Waals surface area contributed by atoms with E-state index in [-0.39, 0.29) is 0 Å². The van der Waals surface area contributed by atoms with E-state index in [1.807, 2.05) is 6.07 Å². The Morgan fingerprint density at radius 2 is 2.38 bits per heavy atom.